The summed E-state index contributed by atoms with van der Waals surface area (Å²) in [5.74, 6) is 0. The molecular weight excluding hydrogens is 262 g/mol. The Kier molecular flexibility index (Phi) is 4.65. The Morgan fingerprint density at radius 3 is 2.86 bits per heavy atom. The van der Waals surface area contributed by atoms with E-state index in [0.29, 0.717) is 0 Å². The molecule has 118 valence electrons. The molecule has 4 heteroatoms. The highest BCUT2D eigenvalue weighted by Gasteiger charge is 2.36. The second-order valence-electron chi connectivity index (χ2n) is 6.74. The lowest BCUT2D eigenvalue weighted by atomic mass is 9.92. The molecule has 2 fully saturated rings. The number of hydrogen-bond acceptors (Lipinski definition) is 3. The van der Waals surface area contributed by atoms with E-state index in [0.717, 1.165) is 26.1 Å². The first-order chi connectivity index (χ1) is 10.2. The van der Waals surface area contributed by atoms with E-state index in [1.165, 1.54) is 56.5 Å². The predicted molar refractivity (Wildman–Crippen MR) is 84.3 cm³/mol. The minimum Gasteiger partial charge on any atom is -0.375 e. The zero-order chi connectivity index (χ0) is 14.7. The van der Waals surface area contributed by atoms with Crippen molar-refractivity contribution in [2.75, 3.05) is 19.7 Å². The molecule has 4 nitrogen and oxygen atoms in total. The van der Waals surface area contributed by atoms with Gasteiger partial charge in [0.1, 0.15) is 0 Å². The van der Waals surface area contributed by atoms with Crippen molar-refractivity contribution in [3.8, 4) is 0 Å². The summed E-state index contributed by atoms with van der Waals surface area (Å²) in [5, 5.41) is 4.53. The number of ether oxygens (including phenoxy) is 1. The topological polar surface area (TPSA) is 30.3 Å². The van der Waals surface area contributed by atoms with Crippen LogP contribution in [0.5, 0.6) is 0 Å². The standard InChI is InChI=1S/C17H29N3O/c1-3-9-20-15(2)16(13-18-20)14-19-10-4-6-17(8-11-19)7-5-12-21-17/h13H,3-12,14H2,1-2H3/t17-/m0/s1. The third-order valence-corrected chi connectivity index (χ3v) is 5.21. The van der Waals surface area contributed by atoms with Crippen molar-refractivity contribution < 1.29 is 4.74 Å². The van der Waals surface area contributed by atoms with Crippen LogP contribution in [0.15, 0.2) is 6.20 Å². The van der Waals surface area contributed by atoms with Gasteiger partial charge in [-0.15, -0.1) is 0 Å². The Labute approximate surface area is 128 Å². The lowest BCUT2D eigenvalue weighted by Crippen LogP contribution is -2.30. The molecule has 1 spiro atoms. The summed E-state index contributed by atoms with van der Waals surface area (Å²) in [5.41, 5.74) is 2.95. The number of nitrogens with zero attached hydrogens (tertiary/aromatic N) is 3. The van der Waals surface area contributed by atoms with Crippen LogP contribution in [0.4, 0.5) is 0 Å². The van der Waals surface area contributed by atoms with Crippen LogP contribution in [-0.4, -0.2) is 40.0 Å². The Morgan fingerprint density at radius 2 is 2.10 bits per heavy atom. The largest absolute Gasteiger partial charge is 0.375 e. The Balaban J connectivity index is 1.60. The van der Waals surface area contributed by atoms with Crippen molar-refractivity contribution in [3.63, 3.8) is 0 Å². The molecule has 3 rings (SSSR count). The van der Waals surface area contributed by atoms with Crippen LogP contribution in [0, 0.1) is 6.92 Å². The van der Waals surface area contributed by atoms with Gasteiger partial charge in [-0.2, -0.15) is 5.10 Å². The van der Waals surface area contributed by atoms with Gasteiger partial charge in [0, 0.05) is 37.5 Å². The monoisotopic (exact) mass is 291 g/mol. The first-order valence-corrected chi connectivity index (χ1v) is 8.60. The highest BCUT2D eigenvalue weighted by molar-refractivity contribution is 5.16. The Bertz CT molecular complexity index is 463. The van der Waals surface area contributed by atoms with Gasteiger partial charge in [-0.25, -0.2) is 0 Å². The van der Waals surface area contributed by atoms with Gasteiger partial charge < -0.3 is 4.74 Å². The molecule has 1 aromatic heterocycles. The molecule has 1 atom stereocenters. The van der Waals surface area contributed by atoms with Crippen LogP contribution in [0.25, 0.3) is 0 Å². The molecule has 0 aromatic carbocycles. The number of rotatable bonds is 4. The van der Waals surface area contributed by atoms with Gasteiger partial charge >= 0.3 is 0 Å². The second-order valence-corrected chi connectivity index (χ2v) is 6.74. The van der Waals surface area contributed by atoms with Crippen LogP contribution in [0.1, 0.15) is 56.7 Å². The van der Waals surface area contributed by atoms with E-state index in [1.807, 2.05) is 0 Å². The molecule has 0 radical (unpaired) electrons. The third-order valence-electron chi connectivity index (χ3n) is 5.21. The van der Waals surface area contributed by atoms with Crippen molar-refractivity contribution in [3.05, 3.63) is 17.5 Å². The minimum absolute atomic E-state index is 0.218. The maximum Gasteiger partial charge on any atom is 0.0696 e. The highest BCUT2D eigenvalue weighted by atomic mass is 16.5. The van der Waals surface area contributed by atoms with Crippen molar-refractivity contribution in [1.82, 2.24) is 14.7 Å². The zero-order valence-electron chi connectivity index (χ0n) is 13.6. The van der Waals surface area contributed by atoms with Crippen molar-refractivity contribution >= 4 is 0 Å². The van der Waals surface area contributed by atoms with E-state index >= 15 is 0 Å². The smallest absolute Gasteiger partial charge is 0.0696 e. The van der Waals surface area contributed by atoms with Crippen LogP contribution in [-0.2, 0) is 17.8 Å². The summed E-state index contributed by atoms with van der Waals surface area (Å²) >= 11 is 0. The maximum atomic E-state index is 6.08. The van der Waals surface area contributed by atoms with E-state index in [-0.39, 0.29) is 5.60 Å². The average molecular weight is 291 g/mol. The quantitative estimate of drug-likeness (QED) is 0.854. The number of likely N-dealkylation sites (tertiary alicyclic amines) is 1. The molecule has 2 saturated heterocycles. The van der Waals surface area contributed by atoms with E-state index in [4.69, 9.17) is 4.74 Å². The number of hydrogen-bond donors (Lipinski definition) is 0. The first-order valence-electron chi connectivity index (χ1n) is 8.60. The lowest BCUT2D eigenvalue weighted by molar-refractivity contribution is -0.00737. The van der Waals surface area contributed by atoms with Crippen molar-refractivity contribution in [2.24, 2.45) is 0 Å². The van der Waals surface area contributed by atoms with Gasteiger partial charge in [-0.05, 0) is 52.0 Å². The molecule has 21 heavy (non-hydrogen) atoms. The third kappa shape index (κ3) is 3.32. The maximum absolute atomic E-state index is 6.08. The Morgan fingerprint density at radius 1 is 1.24 bits per heavy atom. The first kappa shape index (κ1) is 15.0. The fourth-order valence-electron chi connectivity index (χ4n) is 3.85. The van der Waals surface area contributed by atoms with Gasteiger partial charge in [-0.3, -0.25) is 9.58 Å². The van der Waals surface area contributed by atoms with Gasteiger partial charge in [0.15, 0.2) is 0 Å². The fraction of sp³-hybridized carbons (Fsp3) is 0.824. The van der Waals surface area contributed by atoms with Crippen LogP contribution >= 0.6 is 0 Å². The molecule has 0 aliphatic carbocycles. The average Bonchev–Trinajstić information content (AvgIpc) is 3.00. The van der Waals surface area contributed by atoms with Gasteiger partial charge in [0.25, 0.3) is 0 Å². The summed E-state index contributed by atoms with van der Waals surface area (Å²) in [4.78, 5) is 2.59. The van der Waals surface area contributed by atoms with Crippen molar-refractivity contribution in [1.29, 1.82) is 0 Å². The van der Waals surface area contributed by atoms with Crippen LogP contribution in [0.3, 0.4) is 0 Å². The number of aromatic nitrogens is 2. The summed E-state index contributed by atoms with van der Waals surface area (Å²) in [7, 11) is 0. The van der Waals surface area contributed by atoms with E-state index in [9.17, 15) is 0 Å². The SMILES string of the molecule is CCCn1ncc(CN2CCC[C@]3(CCCO3)CC2)c1C. The molecule has 1 aromatic rings. The highest BCUT2D eigenvalue weighted by Crippen LogP contribution is 2.35. The Hall–Kier alpha value is -0.870. The van der Waals surface area contributed by atoms with Gasteiger partial charge in [0.2, 0.25) is 0 Å². The molecule has 2 aliphatic heterocycles. The second kappa shape index (κ2) is 6.49. The van der Waals surface area contributed by atoms with E-state index in [1.54, 1.807) is 0 Å². The summed E-state index contributed by atoms with van der Waals surface area (Å²) in [6.45, 7) is 9.83. The van der Waals surface area contributed by atoms with Gasteiger partial charge in [0.05, 0.1) is 11.8 Å². The predicted octanol–water partition coefficient (Wildman–Crippen LogP) is 3.14. The summed E-state index contributed by atoms with van der Waals surface area (Å²) in [6, 6.07) is 0. The van der Waals surface area contributed by atoms with Crippen molar-refractivity contribution in [2.45, 2.75) is 71.1 Å². The molecule has 0 saturated carbocycles. The zero-order valence-corrected chi connectivity index (χ0v) is 13.6. The summed E-state index contributed by atoms with van der Waals surface area (Å²) in [6.07, 6.45) is 9.45. The minimum atomic E-state index is 0.218. The fourth-order valence-corrected chi connectivity index (χ4v) is 3.85. The van der Waals surface area contributed by atoms with Crippen LogP contribution < -0.4 is 0 Å². The molecule has 2 aliphatic rings. The van der Waals surface area contributed by atoms with E-state index < -0.39 is 0 Å². The molecule has 0 N–H and O–H groups in total. The summed E-state index contributed by atoms with van der Waals surface area (Å²) < 4.78 is 8.22. The molecular formula is C17H29N3O. The lowest BCUT2D eigenvalue weighted by Gasteiger charge is -2.27. The number of aryl methyl sites for hydroxylation is 1. The molecule has 3 heterocycles. The van der Waals surface area contributed by atoms with E-state index in [2.05, 4.69) is 34.7 Å². The van der Waals surface area contributed by atoms with Crippen LogP contribution in [0.2, 0.25) is 0 Å². The molecule has 0 bridgehead atoms. The molecule has 0 unspecified atom stereocenters. The normalized spacial score (nSPS) is 27.3. The molecule has 0 amide bonds. The van der Waals surface area contributed by atoms with Gasteiger partial charge in [-0.1, -0.05) is 6.92 Å².